The van der Waals surface area contributed by atoms with Crippen LogP contribution in [0.3, 0.4) is 0 Å². The molecule has 0 spiro atoms. The lowest BCUT2D eigenvalue weighted by atomic mass is 10.0. The van der Waals surface area contributed by atoms with Crippen LogP contribution in [-0.2, 0) is 13.2 Å². The minimum atomic E-state index is -1.04. The van der Waals surface area contributed by atoms with E-state index in [-0.39, 0.29) is 12.2 Å². The van der Waals surface area contributed by atoms with Gasteiger partial charge in [0.25, 0.3) is 0 Å². The number of aromatic nitrogens is 1. The van der Waals surface area contributed by atoms with Crippen molar-refractivity contribution < 1.29 is 19.4 Å². The predicted molar refractivity (Wildman–Crippen MR) is 132 cm³/mol. The molecule has 0 amide bonds. The number of aryl methyl sites for hydroxylation is 3. The predicted octanol–water partition coefficient (Wildman–Crippen LogP) is 6.53. The molecule has 5 nitrogen and oxygen atoms in total. The van der Waals surface area contributed by atoms with Gasteiger partial charge < -0.3 is 14.6 Å². The average molecular weight is 454 g/mol. The van der Waals surface area contributed by atoms with Crippen LogP contribution in [0, 0.1) is 20.8 Å². The highest BCUT2D eigenvalue weighted by Crippen LogP contribution is 2.31. The van der Waals surface area contributed by atoms with E-state index in [1.54, 1.807) is 12.1 Å². The first-order valence-corrected chi connectivity index (χ1v) is 11.1. The van der Waals surface area contributed by atoms with Crippen molar-refractivity contribution in [1.29, 1.82) is 0 Å². The SMILES string of the molecule is Cc1ccc(OCc2ccccc2)c(-c2ccc(C(=O)O)c(COc3ccc(C)c(C)c3)n2)c1. The summed E-state index contributed by atoms with van der Waals surface area (Å²) in [7, 11) is 0. The molecule has 0 unspecified atom stereocenters. The van der Waals surface area contributed by atoms with Gasteiger partial charge in [0.15, 0.2) is 0 Å². The molecular weight excluding hydrogens is 426 g/mol. The number of aromatic carboxylic acids is 1. The largest absolute Gasteiger partial charge is 0.488 e. The number of carbonyl (C=O) groups is 1. The zero-order valence-corrected chi connectivity index (χ0v) is 19.5. The van der Waals surface area contributed by atoms with E-state index >= 15 is 0 Å². The molecule has 0 bridgehead atoms. The van der Waals surface area contributed by atoms with Crippen LogP contribution in [0.1, 0.15) is 38.3 Å². The van der Waals surface area contributed by atoms with E-state index < -0.39 is 5.97 Å². The Morgan fingerprint density at radius 1 is 0.824 bits per heavy atom. The molecule has 0 aliphatic rings. The molecule has 1 N–H and O–H groups in total. The molecular formula is C29H27NO4. The van der Waals surface area contributed by atoms with Crippen LogP contribution in [0.2, 0.25) is 0 Å². The molecule has 34 heavy (non-hydrogen) atoms. The van der Waals surface area contributed by atoms with E-state index in [1.165, 1.54) is 5.56 Å². The van der Waals surface area contributed by atoms with E-state index in [0.29, 0.717) is 29.5 Å². The van der Waals surface area contributed by atoms with Crippen LogP contribution in [0.25, 0.3) is 11.3 Å². The van der Waals surface area contributed by atoms with Crippen molar-refractivity contribution in [2.45, 2.75) is 34.0 Å². The zero-order chi connectivity index (χ0) is 24.1. The highest BCUT2D eigenvalue weighted by molar-refractivity contribution is 5.89. The second-order valence-corrected chi connectivity index (χ2v) is 8.30. The molecule has 0 aliphatic carbocycles. The molecule has 172 valence electrons. The summed E-state index contributed by atoms with van der Waals surface area (Å²) in [6, 6.07) is 24.9. The van der Waals surface area contributed by atoms with E-state index in [0.717, 1.165) is 22.3 Å². The molecule has 0 atom stereocenters. The zero-order valence-electron chi connectivity index (χ0n) is 19.5. The Hall–Kier alpha value is -4.12. The Morgan fingerprint density at radius 2 is 1.62 bits per heavy atom. The summed E-state index contributed by atoms with van der Waals surface area (Å²) in [5, 5.41) is 9.69. The molecule has 0 radical (unpaired) electrons. The molecule has 0 fully saturated rings. The van der Waals surface area contributed by atoms with Crippen LogP contribution < -0.4 is 9.47 Å². The number of hydrogen-bond donors (Lipinski definition) is 1. The molecule has 0 saturated heterocycles. The van der Waals surface area contributed by atoms with Gasteiger partial charge >= 0.3 is 5.97 Å². The van der Waals surface area contributed by atoms with Gasteiger partial charge in [0.05, 0.1) is 17.0 Å². The van der Waals surface area contributed by atoms with Crippen molar-refractivity contribution in [1.82, 2.24) is 4.98 Å². The summed E-state index contributed by atoms with van der Waals surface area (Å²) in [5.41, 5.74) is 6.31. The van der Waals surface area contributed by atoms with Gasteiger partial charge in [-0.1, -0.05) is 48.0 Å². The van der Waals surface area contributed by atoms with Crippen molar-refractivity contribution in [3.63, 3.8) is 0 Å². The van der Waals surface area contributed by atoms with Crippen molar-refractivity contribution in [2.24, 2.45) is 0 Å². The van der Waals surface area contributed by atoms with Gasteiger partial charge in [-0.15, -0.1) is 0 Å². The Bertz CT molecular complexity index is 1320. The maximum atomic E-state index is 11.8. The summed E-state index contributed by atoms with van der Waals surface area (Å²) in [4.78, 5) is 16.5. The van der Waals surface area contributed by atoms with E-state index in [1.807, 2.05) is 87.5 Å². The number of carboxylic acid groups (broad SMARTS) is 1. The van der Waals surface area contributed by atoms with E-state index in [9.17, 15) is 9.90 Å². The number of nitrogens with zero attached hydrogens (tertiary/aromatic N) is 1. The van der Waals surface area contributed by atoms with Crippen molar-refractivity contribution in [3.05, 3.63) is 112 Å². The number of rotatable bonds is 8. The molecule has 0 saturated carbocycles. The summed E-state index contributed by atoms with van der Waals surface area (Å²) in [6.07, 6.45) is 0. The second-order valence-electron chi connectivity index (χ2n) is 8.30. The third-order valence-corrected chi connectivity index (χ3v) is 5.71. The molecule has 1 heterocycles. The van der Waals surface area contributed by atoms with Gasteiger partial charge in [0.1, 0.15) is 24.7 Å². The van der Waals surface area contributed by atoms with Gasteiger partial charge in [0.2, 0.25) is 0 Å². The Morgan fingerprint density at radius 3 is 2.35 bits per heavy atom. The maximum Gasteiger partial charge on any atom is 0.337 e. The number of carboxylic acids is 1. The summed E-state index contributed by atoms with van der Waals surface area (Å²) < 4.78 is 12.0. The second kappa shape index (κ2) is 10.2. The molecule has 0 aliphatic heterocycles. The highest BCUT2D eigenvalue weighted by Gasteiger charge is 2.16. The fraction of sp³-hybridized carbons (Fsp3) is 0.172. The highest BCUT2D eigenvalue weighted by atomic mass is 16.5. The fourth-order valence-electron chi connectivity index (χ4n) is 3.62. The van der Waals surface area contributed by atoms with Crippen LogP contribution >= 0.6 is 0 Å². The summed E-state index contributed by atoms with van der Waals surface area (Å²) in [6.45, 7) is 6.51. The van der Waals surface area contributed by atoms with Crippen LogP contribution in [0.5, 0.6) is 11.5 Å². The van der Waals surface area contributed by atoms with Gasteiger partial charge in [-0.25, -0.2) is 9.78 Å². The quantitative estimate of drug-likeness (QED) is 0.328. The number of benzene rings is 3. The van der Waals surface area contributed by atoms with Crippen molar-refractivity contribution >= 4 is 5.97 Å². The van der Waals surface area contributed by atoms with Crippen LogP contribution in [0.15, 0.2) is 78.9 Å². The monoisotopic (exact) mass is 453 g/mol. The topological polar surface area (TPSA) is 68.7 Å². The Kier molecular flexibility index (Phi) is 6.93. The smallest absolute Gasteiger partial charge is 0.337 e. The van der Waals surface area contributed by atoms with E-state index in [2.05, 4.69) is 0 Å². The average Bonchev–Trinajstić information content (AvgIpc) is 2.84. The van der Waals surface area contributed by atoms with Gasteiger partial charge in [-0.3, -0.25) is 0 Å². The lowest BCUT2D eigenvalue weighted by Gasteiger charge is -2.15. The first-order chi connectivity index (χ1) is 16.4. The molecule has 1 aromatic heterocycles. The van der Waals surface area contributed by atoms with E-state index in [4.69, 9.17) is 14.5 Å². The van der Waals surface area contributed by atoms with Gasteiger partial charge in [-0.05, 0) is 73.9 Å². The minimum Gasteiger partial charge on any atom is -0.488 e. The van der Waals surface area contributed by atoms with Crippen LogP contribution in [0.4, 0.5) is 0 Å². The summed E-state index contributed by atoms with van der Waals surface area (Å²) in [5.74, 6) is 0.322. The number of pyridine rings is 1. The van der Waals surface area contributed by atoms with Gasteiger partial charge in [-0.2, -0.15) is 0 Å². The lowest BCUT2D eigenvalue weighted by molar-refractivity contribution is 0.0693. The third-order valence-electron chi connectivity index (χ3n) is 5.71. The number of hydrogen-bond acceptors (Lipinski definition) is 4. The standard InChI is InChI=1S/C29H27NO4/c1-19-9-14-28(34-17-22-7-5-4-6-8-22)25(15-19)26-13-12-24(29(31)32)27(30-26)18-33-23-11-10-20(2)21(3)16-23/h4-16H,17-18H2,1-3H3,(H,31,32). The fourth-order valence-corrected chi connectivity index (χ4v) is 3.62. The Balaban J connectivity index is 1.64. The first kappa shape index (κ1) is 23.1. The third kappa shape index (κ3) is 5.44. The normalized spacial score (nSPS) is 10.7. The lowest BCUT2D eigenvalue weighted by Crippen LogP contribution is -2.09. The molecule has 3 aromatic carbocycles. The maximum absolute atomic E-state index is 11.8. The number of ether oxygens (including phenoxy) is 2. The van der Waals surface area contributed by atoms with Gasteiger partial charge in [0, 0.05) is 5.56 Å². The van der Waals surface area contributed by atoms with Crippen LogP contribution in [-0.4, -0.2) is 16.1 Å². The molecule has 4 aromatic rings. The minimum absolute atomic E-state index is 0.0456. The van der Waals surface area contributed by atoms with Crippen molar-refractivity contribution in [3.8, 4) is 22.8 Å². The van der Waals surface area contributed by atoms with Crippen molar-refractivity contribution in [2.75, 3.05) is 0 Å². The molecule has 5 heteroatoms. The first-order valence-electron chi connectivity index (χ1n) is 11.1. The molecule has 4 rings (SSSR count). The summed E-state index contributed by atoms with van der Waals surface area (Å²) >= 11 is 0. The Labute approximate surface area is 199 Å².